The first-order chi connectivity index (χ1) is 16.9. The van der Waals surface area contributed by atoms with Crippen LogP contribution in [0.15, 0.2) is 48.5 Å². The van der Waals surface area contributed by atoms with Crippen LogP contribution in [-0.4, -0.2) is 62.4 Å². The molecule has 2 rings (SSSR count). The van der Waals surface area contributed by atoms with Crippen LogP contribution in [-0.2, 0) is 27.2 Å². The molecule has 1 N–H and O–H groups in total. The van der Waals surface area contributed by atoms with E-state index in [1.165, 1.54) is 5.56 Å². The number of benzene rings is 2. The van der Waals surface area contributed by atoms with Crippen molar-refractivity contribution in [2.24, 2.45) is 0 Å². The lowest BCUT2D eigenvalue weighted by Crippen LogP contribution is -2.35. The Morgan fingerprint density at radius 1 is 0.914 bits per heavy atom. The van der Waals surface area contributed by atoms with Crippen LogP contribution < -0.4 is 9.47 Å². The molecule has 1 atom stereocenters. The van der Waals surface area contributed by atoms with Gasteiger partial charge in [-0.2, -0.15) is 0 Å². The molecule has 0 saturated carbocycles. The molecule has 0 radical (unpaired) electrons. The molecule has 35 heavy (non-hydrogen) atoms. The van der Waals surface area contributed by atoms with Crippen molar-refractivity contribution in [2.75, 3.05) is 34.4 Å². The van der Waals surface area contributed by atoms with Gasteiger partial charge in [-0.25, -0.2) is 0 Å². The molecule has 0 fully saturated rings. The minimum Gasteiger partial charge on any atom is -0.497 e. The van der Waals surface area contributed by atoms with Crippen molar-refractivity contribution >= 4 is 11.9 Å². The Kier molecular flexibility index (Phi) is 12.7. The molecule has 0 heterocycles. The summed E-state index contributed by atoms with van der Waals surface area (Å²) in [6.07, 6.45) is 4.80. The number of carbonyl (C=O) groups excluding carboxylic acids is 1. The lowest BCUT2D eigenvalue weighted by molar-refractivity contribution is -0.151. The van der Waals surface area contributed by atoms with Gasteiger partial charge in [0.2, 0.25) is 0 Å². The van der Waals surface area contributed by atoms with Gasteiger partial charge in [0.05, 0.1) is 7.11 Å². The minimum atomic E-state index is -0.779. The fourth-order valence-corrected chi connectivity index (χ4v) is 3.78. The summed E-state index contributed by atoms with van der Waals surface area (Å²) in [5, 5.41) is 8.68. The zero-order valence-corrected chi connectivity index (χ0v) is 21.2. The van der Waals surface area contributed by atoms with Crippen molar-refractivity contribution in [3.8, 4) is 11.5 Å². The van der Waals surface area contributed by atoms with E-state index in [0.29, 0.717) is 25.8 Å². The highest BCUT2D eigenvalue weighted by atomic mass is 16.6. The van der Waals surface area contributed by atoms with Crippen molar-refractivity contribution in [1.82, 2.24) is 4.90 Å². The quantitative estimate of drug-likeness (QED) is 0.255. The molecular weight excluding hydrogens is 446 g/mol. The monoisotopic (exact) mass is 485 g/mol. The summed E-state index contributed by atoms with van der Waals surface area (Å²) >= 11 is 0. The third-order valence-corrected chi connectivity index (χ3v) is 5.63. The molecule has 0 aliphatic rings. The van der Waals surface area contributed by atoms with Gasteiger partial charge in [0.25, 0.3) is 0 Å². The molecule has 2 aromatic carbocycles. The Morgan fingerprint density at radius 2 is 1.60 bits per heavy atom. The number of carboxylic acid groups (broad SMARTS) is 1. The largest absolute Gasteiger partial charge is 0.497 e. The second-order valence-electron chi connectivity index (χ2n) is 8.95. The summed E-state index contributed by atoms with van der Waals surface area (Å²) < 4.78 is 17.1. The van der Waals surface area contributed by atoms with E-state index in [9.17, 15) is 9.59 Å². The second-order valence-corrected chi connectivity index (χ2v) is 8.95. The molecule has 192 valence electrons. The van der Waals surface area contributed by atoms with E-state index < -0.39 is 5.97 Å². The van der Waals surface area contributed by atoms with E-state index >= 15 is 0 Å². The van der Waals surface area contributed by atoms with E-state index in [0.717, 1.165) is 42.7 Å². The Balaban J connectivity index is 1.84. The molecule has 0 aromatic heterocycles. The number of ether oxygens (including phenoxy) is 3. The second kappa shape index (κ2) is 15.8. The highest BCUT2D eigenvalue weighted by Gasteiger charge is 2.17. The fraction of sp³-hybridized carbons (Fsp3) is 0.500. The van der Waals surface area contributed by atoms with Crippen molar-refractivity contribution in [3.05, 3.63) is 59.7 Å². The number of para-hydroxylation sites is 1. The third-order valence-electron chi connectivity index (χ3n) is 5.63. The average Bonchev–Trinajstić information content (AvgIpc) is 2.83. The van der Waals surface area contributed by atoms with Crippen LogP contribution in [0.3, 0.4) is 0 Å². The predicted molar refractivity (Wildman–Crippen MR) is 136 cm³/mol. The number of carbonyl (C=O) groups is 2. The van der Waals surface area contributed by atoms with Crippen molar-refractivity contribution in [1.29, 1.82) is 0 Å². The molecule has 0 aliphatic heterocycles. The number of hydrogen-bond acceptors (Lipinski definition) is 6. The summed E-state index contributed by atoms with van der Waals surface area (Å²) in [6, 6.07) is 16.0. The Hall–Kier alpha value is -3.06. The van der Waals surface area contributed by atoms with Crippen LogP contribution in [0.5, 0.6) is 11.5 Å². The first-order valence-electron chi connectivity index (χ1n) is 12.3. The number of likely N-dealkylation sites (N-methyl/N-ethyl adjacent to an activating group) is 1. The van der Waals surface area contributed by atoms with Crippen LogP contribution in [0.4, 0.5) is 0 Å². The van der Waals surface area contributed by atoms with Crippen molar-refractivity contribution in [3.63, 3.8) is 0 Å². The predicted octanol–water partition coefficient (Wildman–Crippen LogP) is 4.76. The number of carboxylic acids is 1. The summed E-state index contributed by atoms with van der Waals surface area (Å²) in [5.41, 5.74) is 2.34. The minimum absolute atomic E-state index is 0.175. The van der Waals surface area contributed by atoms with Gasteiger partial charge in [-0.1, -0.05) is 43.2 Å². The molecule has 2 aromatic rings. The molecular formula is C28H39NO6. The maximum Gasteiger partial charge on any atom is 0.306 e. The van der Waals surface area contributed by atoms with E-state index in [2.05, 4.69) is 18.2 Å². The third kappa shape index (κ3) is 11.8. The highest BCUT2D eigenvalue weighted by molar-refractivity contribution is 5.69. The Labute approximate surface area is 209 Å². The number of unbranched alkanes of at least 4 members (excludes halogenated alkanes) is 3. The highest BCUT2D eigenvalue weighted by Crippen LogP contribution is 2.21. The summed E-state index contributed by atoms with van der Waals surface area (Å²) in [6.45, 7) is 0.848. The summed E-state index contributed by atoms with van der Waals surface area (Å²) in [5.74, 6) is 0.626. The van der Waals surface area contributed by atoms with Gasteiger partial charge >= 0.3 is 11.9 Å². The molecule has 0 spiro atoms. The van der Waals surface area contributed by atoms with Crippen LogP contribution in [0.2, 0.25) is 0 Å². The molecule has 7 nitrogen and oxygen atoms in total. The van der Waals surface area contributed by atoms with Crippen LogP contribution in [0, 0.1) is 0 Å². The number of methoxy groups -OCH3 is 1. The first kappa shape index (κ1) is 28.2. The van der Waals surface area contributed by atoms with Gasteiger partial charge in [-0.05, 0) is 69.1 Å². The van der Waals surface area contributed by atoms with Gasteiger partial charge in [0.1, 0.15) is 24.2 Å². The van der Waals surface area contributed by atoms with Gasteiger partial charge in [-0.15, -0.1) is 0 Å². The zero-order chi connectivity index (χ0) is 25.5. The summed E-state index contributed by atoms with van der Waals surface area (Å²) in [7, 11) is 5.53. The van der Waals surface area contributed by atoms with Crippen LogP contribution >= 0.6 is 0 Å². The van der Waals surface area contributed by atoms with E-state index in [-0.39, 0.29) is 25.1 Å². The van der Waals surface area contributed by atoms with E-state index in [1.54, 1.807) is 7.11 Å². The zero-order valence-electron chi connectivity index (χ0n) is 21.2. The molecule has 0 aliphatic carbocycles. The van der Waals surface area contributed by atoms with E-state index in [1.807, 2.05) is 49.3 Å². The number of aliphatic carboxylic acids is 1. The molecule has 0 saturated heterocycles. The lowest BCUT2D eigenvalue weighted by atomic mass is 10.0. The average molecular weight is 486 g/mol. The van der Waals surface area contributed by atoms with Gasteiger partial charge in [-0.3, -0.25) is 9.59 Å². The smallest absolute Gasteiger partial charge is 0.306 e. The number of hydrogen-bond donors (Lipinski definition) is 1. The maximum absolute atomic E-state index is 12.4. The van der Waals surface area contributed by atoms with Crippen molar-refractivity contribution in [2.45, 2.75) is 57.5 Å². The molecule has 0 amide bonds. The van der Waals surface area contributed by atoms with Gasteiger partial charge in [0, 0.05) is 19.4 Å². The van der Waals surface area contributed by atoms with Crippen molar-refractivity contribution < 1.29 is 28.9 Å². The van der Waals surface area contributed by atoms with Gasteiger partial charge in [0.15, 0.2) is 0 Å². The Bertz CT molecular complexity index is 897. The fourth-order valence-electron chi connectivity index (χ4n) is 3.78. The normalized spacial score (nSPS) is 11.8. The molecule has 1 unspecified atom stereocenters. The molecule has 0 bridgehead atoms. The van der Waals surface area contributed by atoms with Gasteiger partial charge < -0.3 is 24.2 Å². The molecule has 7 heteroatoms. The Morgan fingerprint density at radius 3 is 2.26 bits per heavy atom. The standard InChI is InChI=1S/C28H39NO6/c1-29(2)20-25(35-28(32)13-7-5-4-6-12-27(30)31)21-34-26-11-9-8-10-23(26)17-14-22-15-18-24(33-3)19-16-22/h8-11,15-16,18-19,25H,4-7,12-14,17,20-21H2,1-3H3,(H,30,31). The first-order valence-corrected chi connectivity index (χ1v) is 12.3. The topological polar surface area (TPSA) is 85.3 Å². The SMILES string of the molecule is COc1ccc(CCc2ccccc2OCC(CN(C)C)OC(=O)CCCCCCC(=O)O)cc1. The lowest BCUT2D eigenvalue weighted by Gasteiger charge is -2.22. The number of esters is 1. The van der Waals surface area contributed by atoms with Crippen LogP contribution in [0.1, 0.15) is 49.7 Å². The van der Waals surface area contributed by atoms with Crippen LogP contribution in [0.25, 0.3) is 0 Å². The van der Waals surface area contributed by atoms with E-state index in [4.69, 9.17) is 19.3 Å². The number of aryl methyl sites for hydroxylation is 2. The summed E-state index contributed by atoms with van der Waals surface area (Å²) in [4.78, 5) is 24.9. The maximum atomic E-state index is 12.4. The number of nitrogens with zero attached hydrogens (tertiary/aromatic N) is 1. The number of rotatable bonds is 17.